The minimum Gasteiger partial charge on any atom is -0.289 e. The zero-order valence-electron chi connectivity index (χ0n) is 26.0. The van der Waals surface area contributed by atoms with E-state index in [0.29, 0.717) is 17.6 Å². The topological polar surface area (TPSA) is 19.9 Å². The zero-order chi connectivity index (χ0) is 27.1. The summed E-state index contributed by atoms with van der Waals surface area (Å²) >= 11 is 0. The van der Waals surface area contributed by atoms with Gasteiger partial charge in [-0.1, -0.05) is 169 Å². The van der Waals surface area contributed by atoms with E-state index in [4.69, 9.17) is 0 Å². The van der Waals surface area contributed by atoms with Crippen molar-refractivity contribution in [3.63, 3.8) is 0 Å². The second-order valence-electron chi connectivity index (χ2n) is 12.2. The summed E-state index contributed by atoms with van der Waals surface area (Å²) in [6, 6.07) is 4.56. The molecule has 2 atom stereocenters. The zero-order valence-corrected chi connectivity index (χ0v) is 26.0. The number of unbranched alkanes of at least 4 members (excludes halogenated alkanes) is 17. The van der Waals surface area contributed by atoms with Crippen molar-refractivity contribution in [1.82, 2.24) is 0 Å². The Morgan fingerprint density at radius 2 is 0.811 bits per heavy atom. The largest absolute Gasteiger partial charge is 0.289 e. The molecular weight excluding hydrogens is 448 g/mol. The quantitative estimate of drug-likeness (QED) is 0.116. The van der Waals surface area contributed by atoms with Crippen molar-refractivity contribution in [2.75, 3.05) is 0 Å². The lowest BCUT2D eigenvalue weighted by Gasteiger charge is -2.20. The van der Waals surface area contributed by atoms with Crippen molar-refractivity contribution in [2.45, 2.75) is 194 Å². The van der Waals surface area contributed by atoms with Crippen LogP contribution in [0, 0.1) is 0 Å². The van der Waals surface area contributed by atoms with Gasteiger partial charge in [-0.05, 0) is 43.1 Å². The van der Waals surface area contributed by atoms with Crippen LogP contribution >= 0.6 is 0 Å². The van der Waals surface area contributed by atoms with Gasteiger partial charge in [-0.25, -0.2) is 0 Å². The molecule has 1 nitrogen and oxygen atoms in total. The van der Waals surface area contributed by atoms with E-state index in [0.717, 1.165) is 30.4 Å². The molecule has 215 valence electrons. The first-order valence-electron chi connectivity index (χ1n) is 16.9. The Bertz CT molecular complexity index is 613. The average Bonchev–Trinajstić information content (AvgIpc) is 2.90. The fourth-order valence-corrected chi connectivity index (χ4v) is 5.82. The monoisotopic (exact) mass is 514 g/mol. The SMILES string of the molecule is CCCCCCCCCCCCCCCCCCc1cc(C(C)CCCC)c([O])c(C(C)CCCC)c1. The predicted octanol–water partition coefficient (Wildman–Crippen LogP) is 13.2. The summed E-state index contributed by atoms with van der Waals surface area (Å²) in [5.74, 6) is 1.12. The van der Waals surface area contributed by atoms with Crippen LogP contribution < -0.4 is 0 Å². The van der Waals surface area contributed by atoms with Gasteiger partial charge < -0.3 is 0 Å². The second kappa shape index (κ2) is 23.0. The highest BCUT2D eigenvalue weighted by Gasteiger charge is 2.20. The molecule has 2 unspecified atom stereocenters. The Kier molecular flexibility index (Phi) is 21.1. The molecule has 0 heterocycles. The Labute approximate surface area is 233 Å². The molecule has 0 amide bonds. The minimum atomic E-state index is 0.350. The average molecular weight is 514 g/mol. The molecule has 0 aromatic heterocycles. The van der Waals surface area contributed by atoms with E-state index in [2.05, 4.69) is 46.8 Å². The van der Waals surface area contributed by atoms with Crippen molar-refractivity contribution in [3.05, 3.63) is 28.8 Å². The molecular formula is C36H65O. The summed E-state index contributed by atoms with van der Waals surface area (Å²) in [5, 5.41) is 13.4. The Balaban J connectivity index is 2.31. The molecule has 0 N–H and O–H groups in total. The van der Waals surface area contributed by atoms with Crippen molar-refractivity contribution >= 4 is 0 Å². The molecule has 0 saturated heterocycles. The molecule has 0 saturated carbocycles. The van der Waals surface area contributed by atoms with E-state index in [1.54, 1.807) is 0 Å². The van der Waals surface area contributed by atoms with E-state index in [1.807, 2.05) is 0 Å². The molecule has 1 radical (unpaired) electrons. The Morgan fingerprint density at radius 1 is 0.486 bits per heavy atom. The van der Waals surface area contributed by atoms with Gasteiger partial charge in [-0.2, -0.15) is 0 Å². The maximum Gasteiger partial charge on any atom is 0.185 e. The fraction of sp³-hybridized carbons (Fsp3) is 0.833. The van der Waals surface area contributed by atoms with Gasteiger partial charge in [0.05, 0.1) is 0 Å². The predicted molar refractivity (Wildman–Crippen MR) is 166 cm³/mol. The van der Waals surface area contributed by atoms with Crippen molar-refractivity contribution < 1.29 is 5.11 Å². The Morgan fingerprint density at radius 3 is 1.16 bits per heavy atom. The van der Waals surface area contributed by atoms with Crippen molar-refractivity contribution in [2.24, 2.45) is 0 Å². The summed E-state index contributed by atoms with van der Waals surface area (Å²) in [4.78, 5) is 0. The first-order valence-corrected chi connectivity index (χ1v) is 16.9. The molecule has 37 heavy (non-hydrogen) atoms. The number of hydrogen-bond acceptors (Lipinski definition) is 0. The van der Waals surface area contributed by atoms with Gasteiger partial charge in [0.2, 0.25) is 0 Å². The van der Waals surface area contributed by atoms with E-state index in [-0.39, 0.29) is 0 Å². The summed E-state index contributed by atoms with van der Waals surface area (Å²) in [5.41, 5.74) is 3.61. The third-order valence-electron chi connectivity index (χ3n) is 8.57. The van der Waals surface area contributed by atoms with Gasteiger partial charge in [0, 0.05) is 11.1 Å². The fourth-order valence-electron chi connectivity index (χ4n) is 5.82. The highest BCUT2D eigenvalue weighted by molar-refractivity contribution is 5.47. The normalized spacial score (nSPS) is 13.2. The van der Waals surface area contributed by atoms with Crippen LogP contribution in [0.15, 0.2) is 12.1 Å². The van der Waals surface area contributed by atoms with Crippen molar-refractivity contribution in [3.8, 4) is 5.75 Å². The smallest absolute Gasteiger partial charge is 0.185 e. The van der Waals surface area contributed by atoms with E-state index in [1.165, 1.54) is 134 Å². The maximum atomic E-state index is 13.4. The number of rotatable bonds is 25. The van der Waals surface area contributed by atoms with Gasteiger partial charge in [-0.15, -0.1) is 0 Å². The molecule has 0 fully saturated rings. The van der Waals surface area contributed by atoms with E-state index in [9.17, 15) is 5.11 Å². The molecule has 0 aliphatic heterocycles. The molecule has 1 rings (SSSR count). The van der Waals surface area contributed by atoms with Crippen LogP contribution in [0.4, 0.5) is 0 Å². The molecule has 0 spiro atoms. The van der Waals surface area contributed by atoms with Crippen LogP contribution in [-0.4, -0.2) is 0 Å². The third kappa shape index (κ3) is 15.9. The third-order valence-corrected chi connectivity index (χ3v) is 8.57. The lowest BCUT2D eigenvalue weighted by Crippen LogP contribution is -2.02. The van der Waals surface area contributed by atoms with E-state index >= 15 is 0 Å². The lowest BCUT2D eigenvalue weighted by molar-refractivity contribution is 0.337. The standard InChI is InChI=1S/C36H65O/c1-6-9-12-13-14-15-16-17-18-19-20-21-22-23-24-25-28-33-29-34(31(4)26-10-7-2)36(37)35(30-33)32(5)27-11-8-3/h29-32H,6-28H2,1-5H3. The van der Waals surface area contributed by atoms with Gasteiger partial charge in [0.25, 0.3) is 0 Å². The van der Waals surface area contributed by atoms with Crippen LogP contribution in [0.25, 0.3) is 0 Å². The number of hydrogen-bond donors (Lipinski definition) is 0. The molecule has 0 bridgehead atoms. The van der Waals surface area contributed by atoms with Crippen LogP contribution in [-0.2, 0) is 11.5 Å². The molecule has 0 aliphatic rings. The summed E-state index contributed by atoms with van der Waals surface area (Å²) in [6.45, 7) is 11.3. The van der Waals surface area contributed by atoms with Gasteiger partial charge in [0.15, 0.2) is 5.75 Å². The van der Waals surface area contributed by atoms with E-state index < -0.39 is 0 Å². The van der Waals surface area contributed by atoms with Gasteiger partial charge in [-0.3, -0.25) is 5.11 Å². The first kappa shape index (κ1) is 34.0. The first-order chi connectivity index (χ1) is 18.0. The molecule has 1 aromatic rings. The second-order valence-corrected chi connectivity index (χ2v) is 12.2. The van der Waals surface area contributed by atoms with Crippen LogP contribution in [0.2, 0.25) is 0 Å². The molecule has 0 aliphatic carbocycles. The Hall–Kier alpha value is -0.980. The van der Waals surface area contributed by atoms with Crippen molar-refractivity contribution in [1.29, 1.82) is 0 Å². The summed E-state index contributed by atoms with van der Waals surface area (Å²) < 4.78 is 0. The van der Waals surface area contributed by atoms with Gasteiger partial charge >= 0.3 is 0 Å². The number of benzene rings is 1. The minimum absolute atomic E-state index is 0.350. The summed E-state index contributed by atoms with van der Waals surface area (Å²) in [7, 11) is 0. The lowest BCUT2D eigenvalue weighted by atomic mass is 9.85. The molecule has 1 aromatic carbocycles. The van der Waals surface area contributed by atoms with Gasteiger partial charge in [0.1, 0.15) is 0 Å². The van der Waals surface area contributed by atoms with Crippen LogP contribution in [0.3, 0.4) is 0 Å². The summed E-state index contributed by atoms with van der Waals surface area (Å²) in [6.07, 6.45) is 30.9. The highest BCUT2D eigenvalue weighted by Crippen LogP contribution is 2.39. The van der Waals surface area contributed by atoms with Crippen LogP contribution in [0.5, 0.6) is 5.75 Å². The maximum absolute atomic E-state index is 13.4. The molecule has 1 heteroatoms. The highest BCUT2D eigenvalue weighted by atomic mass is 16.3. The van der Waals surface area contributed by atoms with Crippen LogP contribution in [0.1, 0.15) is 204 Å². The number of aryl methyl sites for hydroxylation is 1.